The van der Waals surface area contributed by atoms with Gasteiger partial charge in [-0.05, 0) is 67.7 Å². The van der Waals surface area contributed by atoms with E-state index < -0.39 is 146 Å². The Morgan fingerprint density at radius 2 is 1.33 bits per heavy atom. The van der Waals surface area contributed by atoms with Crippen LogP contribution in [-0.4, -0.2) is 211 Å². The minimum absolute atomic E-state index is 0.0194. The number of nitrogens with two attached hydrogens (primary N) is 3. The number of hydrogen-bond acceptors (Lipinski definition) is 18. The lowest BCUT2D eigenvalue weighted by Crippen LogP contribution is -2.61. The summed E-state index contributed by atoms with van der Waals surface area (Å²) in [5.74, 6) is -10.1. The molecule has 30 nitrogen and oxygen atoms in total. The monoisotopic (exact) mass is 1120 g/mol. The number of thioether (sulfide) groups is 1. The number of aliphatic hydroxyl groups excluding tert-OH is 3. The summed E-state index contributed by atoms with van der Waals surface area (Å²) in [7, 11) is 0. The number of guanidine groups is 1. The van der Waals surface area contributed by atoms with E-state index in [0.717, 1.165) is 4.90 Å². The van der Waals surface area contributed by atoms with Gasteiger partial charge in [0.05, 0.1) is 32.7 Å². The summed E-state index contributed by atoms with van der Waals surface area (Å²) in [5.41, 5.74) is 17.4. The van der Waals surface area contributed by atoms with E-state index >= 15 is 0 Å². The molecule has 2 aromatic rings. The van der Waals surface area contributed by atoms with E-state index in [0.29, 0.717) is 23.4 Å². The van der Waals surface area contributed by atoms with Gasteiger partial charge < -0.3 is 95.2 Å². The minimum atomic E-state index is -1.77. The molecule has 20 N–H and O–H groups in total. The van der Waals surface area contributed by atoms with Crippen molar-refractivity contribution >= 4 is 76.9 Å². The van der Waals surface area contributed by atoms with Crippen LogP contribution in [-0.2, 0) is 60.8 Å². The third-order valence-corrected chi connectivity index (χ3v) is 12.7. The molecule has 1 fully saturated rings. The molecular weight excluding hydrogens is 1050 g/mol. The molecule has 2 heterocycles. The van der Waals surface area contributed by atoms with E-state index in [1.165, 1.54) is 48.6 Å². The fraction of sp³-hybridized carbons (Fsp3) is 0.574. The van der Waals surface area contributed by atoms with Gasteiger partial charge in [0.25, 0.3) is 0 Å². The minimum Gasteiger partial charge on any atom is -0.508 e. The smallest absolute Gasteiger partial charge is 0.326 e. The van der Waals surface area contributed by atoms with Gasteiger partial charge >= 0.3 is 5.97 Å². The number of carbonyl (C=O) groups is 10. The fourth-order valence-corrected chi connectivity index (χ4v) is 8.29. The molecule has 31 heteroatoms. The standard InChI is InChI=1S/C47H73N15O15S/c1-24(2)37(61-39(69)29(6-4-13-52-47(49)50)56-41(71)33(21-64)59-42(72)34(22-65)60-43(73)35-7-5-14-62(35)45(75)28(48)20-63)44(74)53-19-36(67)55-31(16-25-8-10-27(66)11-9-25)40(70)57-30(12-15-78-3)38(68)58-32(46(76)77)17-26-18-51-23-54-26/h8-11,18,23-24,28-35,37,63-66H,4-7,12-17,19-22,48H2,1-3H3,(H,51,54)(H,53,74)(H,55,67)(H,56,71)(H,57,70)(H,58,68)(H,59,72)(H,60,73)(H,61,69)(H,76,77)(H4,49,50,52)/t28-,29-,30-,31-,32-,33-,34-,35-,37-/m0/s1. The Balaban J connectivity index is 1.74. The molecular formula is C47H73N15O15S. The fourth-order valence-electron chi connectivity index (χ4n) is 7.82. The van der Waals surface area contributed by atoms with E-state index in [4.69, 9.17) is 17.2 Å². The Hall–Kier alpha value is -7.61. The highest BCUT2D eigenvalue weighted by Gasteiger charge is 2.39. The number of imidazole rings is 1. The number of H-pyrrole nitrogens is 1. The van der Waals surface area contributed by atoms with Crippen LogP contribution in [0.4, 0.5) is 0 Å². The number of hydrogen-bond donors (Lipinski definition) is 17. The Morgan fingerprint density at radius 3 is 1.90 bits per heavy atom. The maximum atomic E-state index is 14.0. The Morgan fingerprint density at radius 1 is 0.756 bits per heavy atom. The van der Waals surface area contributed by atoms with Gasteiger partial charge in [0.1, 0.15) is 60.1 Å². The number of likely N-dealkylation sites (tertiary alicyclic amines) is 1. The Bertz CT molecular complexity index is 2380. The van der Waals surface area contributed by atoms with Gasteiger partial charge in [-0.2, -0.15) is 11.8 Å². The van der Waals surface area contributed by atoms with Crippen LogP contribution in [0, 0.1) is 5.92 Å². The normalized spacial score (nSPS) is 16.1. The van der Waals surface area contributed by atoms with E-state index in [1.807, 2.05) is 0 Å². The highest BCUT2D eigenvalue weighted by atomic mass is 32.2. The predicted molar refractivity (Wildman–Crippen MR) is 280 cm³/mol. The van der Waals surface area contributed by atoms with E-state index in [-0.39, 0.29) is 63.3 Å². The molecule has 9 atom stereocenters. The van der Waals surface area contributed by atoms with Gasteiger partial charge in [0.15, 0.2) is 5.96 Å². The second-order valence-corrected chi connectivity index (χ2v) is 19.4. The van der Waals surface area contributed by atoms with Gasteiger partial charge in [0.2, 0.25) is 53.2 Å². The maximum Gasteiger partial charge on any atom is 0.326 e. The molecule has 1 aromatic heterocycles. The molecule has 0 aliphatic carbocycles. The van der Waals surface area contributed by atoms with Crippen molar-refractivity contribution in [1.82, 2.24) is 57.4 Å². The van der Waals surface area contributed by atoms with Gasteiger partial charge in [-0.3, -0.25) is 48.1 Å². The molecule has 0 unspecified atom stereocenters. The van der Waals surface area contributed by atoms with Crippen LogP contribution in [0.25, 0.3) is 0 Å². The van der Waals surface area contributed by atoms with Gasteiger partial charge in [-0.15, -0.1) is 0 Å². The van der Waals surface area contributed by atoms with Crippen LogP contribution < -0.4 is 59.7 Å². The molecule has 1 saturated heterocycles. The van der Waals surface area contributed by atoms with E-state index in [9.17, 15) is 73.5 Å². The number of benzene rings is 1. The van der Waals surface area contributed by atoms with Crippen molar-refractivity contribution in [3.63, 3.8) is 0 Å². The lowest BCUT2D eigenvalue weighted by atomic mass is 10.0. The second-order valence-electron chi connectivity index (χ2n) is 18.4. The zero-order valence-corrected chi connectivity index (χ0v) is 44.3. The molecule has 0 bridgehead atoms. The number of aliphatic carboxylic acids is 1. The average molecular weight is 1120 g/mol. The highest BCUT2D eigenvalue weighted by Crippen LogP contribution is 2.19. The first kappa shape index (κ1) is 64.7. The lowest BCUT2D eigenvalue weighted by molar-refractivity contribution is -0.142. The van der Waals surface area contributed by atoms with Crippen molar-refractivity contribution in [1.29, 1.82) is 0 Å². The third-order valence-electron chi connectivity index (χ3n) is 12.1. The van der Waals surface area contributed by atoms with Gasteiger partial charge in [-0.1, -0.05) is 26.0 Å². The number of nitrogens with zero attached hydrogens (tertiary/aromatic N) is 3. The van der Waals surface area contributed by atoms with Gasteiger partial charge in [0, 0.05) is 37.8 Å². The molecule has 0 spiro atoms. The maximum absolute atomic E-state index is 14.0. The molecule has 0 radical (unpaired) electrons. The number of aromatic amines is 1. The number of carboxylic acid groups (broad SMARTS) is 1. The predicted octanol–water partition coefficient (Wildman–Crippen LogP) is -6.75. The Labute approximate surface area is 453 Å². The Kier molecular flexibility index (Phi) is 27.2. The number of aliphatic hydroxyl groups is 3. The third kappa shape index (κ3) is 21.1. The summed E-state index contributed by atoms with van der Waals surface area (Å²) >= 11 is 1.36. The van der Waals surface area contributed by atoms with Crippen molar-refractivity contribution in [2.45, 2.75) is 113 Å². The topological polar surface area (TPSA) is 490 Å². The number of aromatic hydroxyl groups is 1. The average Bonchev–Trinajstić information content (AvgIpc) is 4.14. The molecule has 432 valence electrons. The number of aliphatic imine (C=N–C) groups is 1. The molecule has 1 aliphatic heterocycles. The molecule has 78 heavy (non-hydrogen) atoms. The first-order valence-electron chi connectivity index (χ1n) is 24.8. The molecule has 1 aliphatic rings. The van der Waals surface area contributed by atoms with Crippen molar-refractivity contribution in [3.8, 4) is 5.75 Å². The summed E-state index contributed by atoms with van der Waals surface area (Å²) < 4.78 is 0. The van der Waals surface area contributed by atoms with Crippen LogP contribution in [0.3, 0.4) is 0 Å². The summed E-state index contributed by atoms with van der Waals surface area (Å²) in [6.45, 7) is -0.200. The number of carboxylic acids is 1. The van der Waals surface area contributed by atoms with Gasteiger partial charge in [-0.25, -0.2) is 9.78 Å². The number of nitrogens with one attached hydrogen (secondary N) is 9. The van der Waals surface area contributed by atoms with Crippen molar-refractivity contribution in [2.75, 3.05) is 51.5 Å². The van der Waals surface area contributed by atoms with E-state index in [2.05, 4.69) is 57.5 Å². The van der Waals surface area contributed by atoms with Crippen molar-refractivity contribution < 1.29 is 73.5 Å². The van der Waals surface area contributed by atoms with Crippen molar-refractivity contribution in [3.05, 3.63) is 48.0 Å². The molecule has 9 amide bonds. The summed E-state index contributed by atoms with van der Waals surface area (Å²) in [6.07, 6.45) is 4.74. The highest BCUT2D eigenvalue weighted by molar-refractivity contribution is 7.98. The number of amides is 9. The summed E-state index contributed by atoms with van der Waals surface area (Å²) in [6, 6.07) is -7.06. The van der Waals surface area contributed by atoms with Crippen molar-refractivity contribution in [2.24, 2.45) is 28.1 Å². The molecule has 1 aromatic carbocycles. The lowest BCUT2D eigenvalue weighted by Gasteiger charge is -2.28. The van der Waals surface area contributed by atoms with Crippen LogP contribution in [0.5, 0.6) is 5.75 Å². The summed E-state index contributed by atoms with van der Waals surface area (Å²) in [5, 5.41) is 68.7. The largest absolute Gasteiger partial charge is 0.508 e. The van der Waals surface area contributed by atoms with Crippen LogP contribution >= 0.6 is 11.8 Å². The quantitative estimate of drug-likeness (QED) is 0.0179. The number of phenols is 1. The van der Waals surface area contributed by atoms with E-state index in [1.54, 1.807) is 20.1 Å². The van der Waals surface area contributed by atoms with Crippen LogP contribution in [0.2, 0.25) is 0 Å². The number of carbonyl (C=O) groups excluding carboxylic acids is 9. The zero-order valence-electron chi connectivity index (χ0n) is 43.4. The number of phenolic OH excluding ortho intramolecular Hbond substituents is 1. The second kappa shape index (κ2) is 32.9. The first-order valence-corrected chi connectivity index (χ1v) is 26.2. The first-order chi connectivity index (χ1) is 37.0. The number of aromatic nitrogens is 2. The van der Waals surface area contributed by atoms with Crippen LogP contribution in [0.1, 0.15) is 57.2 Å². The molecule has 0 saturated carbocycles. The zero-order chi connectivity index (χ0) is 58.1. The van der Waals surface area contributed by atoms with Crippen LogP contribution in [0.15, 0.2) is 41.8 Å². The number of rotatable bonds is 33. The molecule has 3 rings (SSSR count). The summed E-state index contributed by atoms with van der Waals surface area (Å²) in [4.78, 5) is 145. The SMILES string of the molecule is CSCC[C@H](NC(=O)[C@H](Cc1ccc(O)cc1)NC(=O)CNC(=O)[C@@H](NC(=O)[C@H](CCCN=C(N)N)NC(=O)[C@H](CO)NC(=O)[C@H](CO)NC(=O)[C@@H]1CCCN1C(=O)[C@@H](N)CO)C(C)C)C(=O)N[C@@H](Cc1cnc[nH]1)C(=O)O.